The second kappa shape index (κ2) is 7.54. The lowest BCUT2D eigenvalue weighted by atomic mass is 9.77. The van der Waals surface area contributed by atoms with Crippen molar-refractivity contribution in [2.24, 2.45) is 11.8 Å². The summed E-state index contributed by atoms with van der Waals surface area (Å²) >= 11 is 0. The fraction of sp³-hybridized carbons (Fsp3) is 0.591. The molecule has 1 N–H and O–H groups in total. The van der Waals surface area contributed by atoms with E-state index in [4.69, 9.17) is 0 Å². The van der Waals surface area contributed by atoms with Crippen LogP contribution in [-0.4, -0.2) is 35.3 Å². The number of nitriles is 1. The van der Waals surface area contributed by atoms with Crippen LogP contribution in [0.4, 0.5) is 4.39 Å². The first kappa shape index (κ1) is 18.9. The Labute approximate surface area is 164 Å². The van der Waals surface area contributed by atoms with Crippen LogP contribution in [0.2, 0.25) is 0 Å². The molecular weight excluding hydrogens is 357 g/mol. The molecule has 0 radical (unpaired) electrons. The van der Waals surface area contributed by atoms with E-state index in [0.717, 1.165) is 19.3 Å². The van der Waals surface area contributed by atoms with Gasteiger partial charge in [-0.25, -0.2) is 4.39 Å². The van der Waals surface area contributed by atoms with Crippen molar-refractivity contribution in [2.45, 2.75) is 56.4 Å². The van der Waals surface area contributed by atoms with E-state index < -0.39 is 5.54 Å². The Morgan fingerprint density at radius 3 is 2.54 bits per heavy atom. The third kappa shape index (κ3) is 3.63. The van der Waals surface area contributed by atoms with Crippen LogP contribution in [0.15, 0.2) is 24.3 Å². The molecule has 1 aliphatic heterocycles. The molecular formula is C22H26FN3O2. The van der Waals surface area contributed by atoms with Gasteiger partial charge in [-0.1, -0.05) is 31.0 Å². The molecule has 6 heteroatoms. The first-order valence-electron chi connectivity index (χ1n) is 10.3. The number of halogens is 1. The smallest absolute Gasteiger partial charge is 0.226 e. The summed E-state index contributed by atoms with van der Waals surface area (Å²) in [5.41, 5.74) is -0.0356. The minimum Gasteiger partial charge on any atom is -0.342 e. The third-order valence-corrected chi connectivity index (χ3v) is 6.59. The van der Waals surface area contributed by atoms with Crippen molar-refractivity contribution >= 4 is 11.8 Å². The van der Waals surface area contributed by atoms with Crippen molar-refractivity contribution < 1.29 is 14.0 Å². The van der Waals surface area contributed by atoms with E-state index >= 15 is 0 Å². The minimum atomic E-state index is -0.703. The number of carbonyl (C=O) groups excluding carboxylic acids is 2. The highest BCUT2D eigenvalue weighted by Gasteiger charge is 2.48. The largest absolute Gasteiger partial charge is 0.342 e. The van der Waals surface area contributed by atoms with Gasteiger partial charge in [0.05, 0.1) is 6.07 Å². The molecule has 1 heterocycles. The molecule has 1 saturated heterocycles. The molecule has 3 atom stereocenters. The summed E-state index contributed by atoms with van der Waals surface area (Å²) in [7, 11) is 0. The van der Waals surface area contributed by atoms with Gasteiger partial charge in [0.15, 0.2) is 0 Å². The average molecular weight is 383 g/mol. The lowest BCUT2D eigenvalue weighted by Crippen LogP contribution is -2.47. The van der Waals surface area contributed by atoms with E-state index in [1.54, 1.807) is 12.1 Å². The molecule has 2 aliphatic carbocycles. The number of amides is 2. The Morgan fingerprint density at radius 2 is 1.86 bits per heavy atom. The van der Waals surface area contributed by atoms with Crippen molar-refractivity contribution in [3.63, 3.8) is 0 Å². The van der Waals surface area contributed by atoms with Crippen LogP contribution in [-0.2, 0) is 9.59 Å². The maximum atomic E-state index is 14.1. The van der Waals surface area contributed by atoms with Gasteiger partial charge in [-0.05, 0) is 43.7 Å². The van der Waals surface area contributed by atoms with E-state index in [1.807, 2.05) is 11.0 Å². The van der Waals surface area contributed by atoms with Crippen LogP contribution >= 0.6 is 0 Å². The normalized spacial score (nSPS) is 28.4. The summed E-state index contributed by atoms with van der Waals surface area (Å²) in [6.45, 7) is 1.11. The van der Waals surface area contributed by atoms with Crippen molar-refractivity contribution in [3.05, 3.63) is 35.6 Å². The number of hydrogen-bond acceptors (Lipinski definition) is 3. The first-order valence-corrected chi connectivity index (χ1v) is 10.3. The standard InChI is InChI=1S/C22H26FN3O2/c23-19-8-4-3-5-16(19)15-9-12-26(13-15)21(28)18-7-2-1-6-17(18)20(27)25-22(14-24)10-11-22/h3-5,8,15,17-18H,1-2,6-7,9-13H2,(H,25,27)/t15?,17-,18-/m1/s1. The predicted octanol–water partition coefficient (Wildman–Crippen LogP) is 3.12. The molecule has 28 heavy (non-hydrogen) atoms. The van der Waals surface area contributed by atoms with Crippen LogP contribution in [0.5, 0.6) is 0 Å². The Balaban J connectivity index is 1.43. The van der Waals surface area contributed by atoms with E-state index in [1.165, 1.54) is 6.07 Å². The predicted molar refractivity (Wildman–Crippen MR) is 102 cm³/mol. The van der Waals surface area contributed by atoms with Crippen molar-refractivity contribution in [1.82, 2.24) is 10.2 Å². The maximum absolute atomic E-state index is 14.1. The number of nitrogens with one attached hydrogen (secondary N) is 1. The maximum Gasteiger partial charge on any atom is 0.226 e. The zero-order valence-electron chi connectivity index (χ0n) is 16.0. The molecule has 0 bridgehead atoms. The number of likely N-dealkylation sites (tertiary alicyclic amines) is 1. The molecule has 148 valence electrons. The van der Waals surface area contributed by atoms with Crippen LogP contribution in [0.1, 0.15) is 56.4 Å². The van der Waals surface area contributed by atoms with Crippen LogP contribution in [0.3, 0.4) is 0 Å². The SMILES string of the molecule is N#CC1(NC(=O)[C@@H]2CCCC[C@H]2C(=O)N2CCC(c3ccccc3F)C2)CC1. The number of rotatable bonds is 4. The van der Waals surface area contributed by atoms with E-state index in [2.05, 4.69) is 11.4 Å². The molecule has 0 spiro atoms. The van der Waals surface area contributed by atoms with Crippen molar-refractivity contribution in [3.8, 4) is 6.07 Å². The van der Waals surface area contributed by atoms with Gasteiger partial charge in [0, 0.05) is 30.8 Å². The van der Waals surface area contributed by atoms with E-state index in [-0.39, 0.29) is 35.4 Å². The quantitative estimate of drug-likeness (QED) is 0.868. The van der Waals surface area contributed by atoms with Gasteiger partial charge in [0.25, 0.3) is 0 Å². The Kier molecular flexibility index (Phi) is 5.09. The Bertz CT molecular complexity index is 814. The van der Waals surface area contributed by atoms with Crippen LogP contribution < -0.4 is 5.32 Å². The number of hydrogen-bond donors (Lipinski definition) is 1. The lowest BCUT2D eigenvalue weighted by molar-refractivity contribution is -0.143. The molecule has 3 fully saturated rings. The third-order valence-electron chi connectivity index (χ3n) is 6.59. The zero-order chi connectivity index (χ0) is 19.7. The van der Waals surface area contributed by atoms with Gasteiger partial charge in [-0.3, -0.25) is 9.59 Å². The monoisotopic (exact) mass is 383 g/mol. The van der Waals surface area contributed by atoms with E-state index in [0.29, 0.717) is 44.3 Å². The van der Waals surface area contributed by atoms with E-state index in [9.17, 15) is 19.2 Å². The minimum absolute atomic E-state index is 0.00865. The highest BCUT2D eigenvalue weighted by Crippen LogP contribution is 2.38. The summed E-state index contributed by atoms with van der Waals surface area (Å²) in [5, 5.41) is 12.1. The molecule has 3 aliphatic rings. The summed E-state index contributed by atoms with van der Waals surface area (Å²) in [5.74, 6) is -1.04. The second-order valence-corrected chi connectivity index (χ2v) is 8.47. The molecule has 1 aromatic carbocycles. The van der Waals surface area contributed by atoms with Crippen molar-refractivity contribution in [2.75, 3.05) is 13.1 Å². The number of nitrogens with zero attached hydrogens (tertiary/aromatic N) is 2. The molecule has 2 amide bonds. The lowest BCUT2D eigenvalue weighted by Gasteiger charge is -2.33. The molecule has 4 rings (SSSR count). The first-order chi connectivity index (χ1) is 13.5. The van der Waals surface area contributed by atoms with Gasteiger partial charge >= 0.3 is 0 Å². The second-order valence-electron chi connectivity index (χ2n) is 8.47. The van der Waals surface area contributed by atoms with Crippen LogP contribution in [0.25, 0.3) is 0 Å². The molecule has 2 saturated carbocycles. The molecule has 1 aromatic rings. The average Bonchev–Trinajstić information content (AvgIpc) is 3.32. The summed E-state index contributed by atoms with van der Waals surface area (Å²) in [6, 6.07) is 8.95. The van der Waals surface area contributed by atoms with Gasteiger partial charge in [-0.15, -0.1) is 0 Å². The van der Waals surface area contributed by atoms with Gasteiger partial charge in [-0.2, -0.15) is 5.26 Å². The Hall–Kier alpha value is -2.42. The van der Waals surface area contributed by atoms with Gasteiger partial charge in [0.1, 0.15) is 11.4 Å². The summed E-state index contributed by atoms with van der Waals surface area (Å²) < 4.78 is 14.1. The molecule has 0 aromatic heterocycles. The van der Waals surface area contributed by atoms with Crippen LogP contribution in [0, 0.1) is 29.0 Å². The van der Waals surface area contributed by atoms with Gasteiger partial charge < -0.3 is 10.2 Å². The molecule has 1 unspecified atom stereocenters. The summed E-state index contributed by atoms with van der Waals surface area (Å²) in [4.78, 5) is 27.8. The zero-order valence-corrected chi connectivity index (χ0v) is 16.0. The topological polar surface area (TPSA) is 73.2 Å². The Morgan fingerprint density at radius 1 is 1.14 bits per heavy atom. The fourth-order valence-corrected chi connectivity index (χ4v) is 4.71. The number of carbonyl (C=O) groups is 2. The molecule has 5 nitrogen and oxygen atoms in total. The number of benzene rings is 1. The summed E-state index contributed by atoms with van der Waals surface area (Å²) in [6.07, 6.45) is 5.39. The van der Waals surface area contributed by atoms with Gasteiger partial charge in [0.2, 0.25) is 11.8 Å². The highest BCUT2D eigenvalue weighted by atomic mass is 19.1. The fourth-order valence-electron chi connectivity index (χ4n) is 4.71. The highest BCUT2D eigenvalue weighted by molar-refractivity contribution is 5.89. The van der Waals surface area contributed by atoms with Crippen molar-refractivity contribution in [1.29, 1.82) is 5.26 Å².